The standard InChI is InChI=1S/C15H25NO/c1-13-7-9-15(10-8-13)14(2)16-11-5-3-4-6-12-17/h7-10,14,16-17H,3-6,11-12H2,1-2H3/t14-/m0/s1. The molecule has 2 heteroatoms. The van der Waals surface area contributed by atoms with Crippen LogP contribution in [0, 0.1) is 6.92 Å². The van der Waals surface area contributed by atoms with Crippen LogP contribution in [0.25, 0.3) is 0 Å². The summed E-state index contributed by atoms with van der Waals surface area (Å²) in [4.78, 5) is 0. The van der Waals surface area contributed by atoms with Gasteiger partial charge in [-0.05, 0) is 38.8 Å². The Hall–Kier alpha value is -0.860. The van der Waals surface area contributed by atoms with Crippen LogP contribution in [0.5, 0.6) is 0 Å². The van der Waals surface area contributed by atoms with E-state index in [1.165, 1.54) is 24.0 Å². The quantitative estimate of drug-likeness (QED) is 0.678. The van der Waals surface area contributed by atoms with Crippen LogP contribution in [-0.4, -0.2) is 18.3 Å². The first kappa shape index (κ1) is 14.2. The lowest BCUT2D eigenvalue weighted by atomic mass is 10.1. The first-order valence-corrected chi connectivity index (χ1v) is 6.65. The second kappa shape index (κ2) is 8.26. The minimum Gasteiger partial charge on any atom is -0.396 e. The van der Waals surface area contributed by atoms with E-state index in [1.807, 2.05) is 0 Å². The molecule has 0 saturated heterocycles. The molecule has 0 bridgehead atoms. The van der Waals surface area contributed by atoms with Gasteiger partial charge in [0.2, 0.25) is 0 Å². The lowest BCUT2D eigenvalue weighted by Gasteiger charge is -2.14. The highest BCUT2D eigenvalue weighted by Crippen LogP contribution is 2.13. The molecule has 0 radical (unpaired) electrons. The first-order chi connectivity index (χ1) is 8.24. The Labute approximate surface area is 105 Å². The van der Waals surface area contributed by atoms with Crippen LogP contribution in [0.4, 0.5) is 0 Å². The Morgan fingerprint density at radius 2 is 1.71 bits per heavy atom. The van der Waals surface area contributed by atoms with Crippen molar-refractivity contribution in [1.82, 2.24) is 5.32 Å². The highest BCUT2D eigenvalue weighted by atomic mass is 16.2. The van der Waals surface area contributed by atoms with Gasteiger partial charge in [0.05, 0.1) is 0 Å². The molecule has 0 unspecified atom stereocenters. The molecule has 0 aromatic heterocycles. The molecule has 2 nitrogen and oxygen atoms in total. The van der Waals surface area contributed by atoms with E-state index in [2.05, 4.69) is 43.4 Å². The Morgan fingerprint density at radius 3 is 2.35 bits per heavy atom. The number of hydrogen-bond donors (Lipinski definition) is 2. The average molecular weight is 235 g/mol. The number of aliphatic hydroxyl groups excluding tert-OH is 1. The smallest absolute Gasteiger partial charge is 0.0431 e. The molecule has 0 spiro atoms. The molecule has 1 rings (SSSR count). The molecule has 1 aromatic rings. The summed E-state index contributed by atoms with van der Waals surface area (Å²) in [5, 5.41) is 12.2. The Morgan fingerprint density at radius 1 is 1.06 bits per heavy atom. The van der Waals surface area contributed by atoms with Crippen LogP contribution in [0.2, 0.25) is 0 Å². The molecule has 2 N–H and O–H groups in total. The van der Waals surface area contributed by atoms with Crippen molar-refractivity contribution in [3.63, 3.8) is 0 Å². The third-order valence-corrected chi connectivity index (χ3v) is 3.11. The maximum Gasteiger partial charge on any atom is 0.0431 e. The molecule has 1 atom stereocenters. The predicted octanol–water partition coefficient (Wildman–Crippen LogP) is 3.20. The van der Waals surface area contributed by atoms with Gasteiger partial charge in [-0.2, -0.15) is 0 Å². The van der Waals surface area contributed by atoms with Crippen LogP contribution in [0.3, 0.4) is 0 Å². The summed E-state index contributed by atoms with van der Waals surface area (Å²) in [6.45, 7) is 5.70. The van der Waals surface area contributed by atoms with Gasteiger partial charge in [-0.3, -0.25) is 0 Å². The second-order valence-corrected chi connectivity index (χ2v) is 4.72. The van der Waals surface area contributed by atoms with Gasteiger partial charge in [0.25, 0.3) is 0 Å². The molecular weight excluding hydrogens is 210 g/mol. The van der Waals surface area contributed by atoms with Crippen LogP contribution in [-0.2, 0) is 0 Å². The third-order valence-electron chi connectivity index (χ3n) is 3.11. The highest BCUT2D eigenvalue weighted by molar-refractivity contribution is 5.23. The molecule has 0 aliphatic carbocycles. The summed E-state index contributed by atoms with van der Waals surface area (Å²) in [6.07, 6.45) is 4.47. The topological polar surface area (TPSA) is 32.3 Å². The third kappa shape index (κ3) is 5.85. The maximum atomic E-state index is 8.67. The van der Waals surface area contributed by atoms with Crippen LogP contribution in [0.1, 0.15) is 49.8 Å². The summed E-state index contributed by atoms with van der Waals surface area (Å²) in [5.41, 5.74) is 2.66. The van der Waals surface area contributed by atoms with E-state index in [1.54, 1.807) is 0 Å². The molecule has 0 fully saturated rings. The number of aryl methyl sites for hydroxylation is 1. The average Bonchev–Trinajstić information content (AvgIpc) is 2.34. The van der Waals surface area contributed by atoms with E-state index < -0.39 is 0 Å². The zero-order valence-corrected chi connectivity index (χ0v) is 11.1. The fraction of sp³-hybridized carbons (Fsp3) is 0.600. The van der Waals surface area contributed by atoms with Gasteiger partial charge in [0, 0.05) is 12.6 Å². The Bertz CT molecular complexity index is 294. The number of benzene rings is 1. The van der Waals surface area contributed by atoms with Gasteiger partial charge in [0.15, 0.2) is 0 Å². The van der Waals surface area contributed by atoms with E-state index in [0.717, 1.165) is 19.4 Å². The van der Waals surface area contributed by atoms with Gasteiger partial charge in [-0.15, -0.1) is 0 Å². The maximum absolute atomic E-state index is 8.67. The van der Waals surface area contributed by atoms with Gasteiger partial charge in [0.1, 0.15) is 0 Å². The van der Waals surface area contributed by atoms with Crippen LogP contribution in [0.15, 0.2) is 24.3 Å². The van der Waals surface area contributed by atoms with Gasteiger partial charge in [-0.1, -0.05) is 42.7 Å². The fourth-order valence-electron chi connectivity index (χ4n) is 1.88. The van der Waals surface area contributed by atoms with Crippen molar-refractivity contribution in [3.8, 4) is 0 Å². The fourth-order valence-corrected chi connectivity index (χ4v) is 1.88. The Balaban J connectivity index is 2.16. The zero-order chi connectivity index (χ0) is 12.5. The highest BCUT2D eigenvalue weighted by Gasteiger charge is 2.03. The summed E-state index contributed by atoms with van der Waals surface area (Å²) >= 11 is 0. The molecule has 0 amide bonds. The van der Waals surface area contributed by atoms with E-state index in [9.17, 15) is 0 Å². The predicted molar refractivity (Wildman–Crippen MR) is 73.2 cm³/mol. The molecule has 17 heavy (non-hydrogen) atoms. The van der Waals surface area contributed by atoms with E-state index >= 15 is 0 Å². The molecule has 1 aromatic carbocycles. The van der Waals surface area contributed by atoms with Crippen molar-refractivity contribution >= 4 is 0 Å². The van der Waals surface area contributed by atoms with Gasteiger partial charge in [-0.25, -0.2) is 0 Å². The number of aliphatic hydroxyl groups is 1. The minimum atomic E-state index is 0.327. The molecule has 0 aliphatic rings. The number of rotatable bonds is 8. The zero-order valence-electron chi connectivity index (χ0n) is 11.1. The number of hydrogen-bond acceptors (Lipinski definition) is 2. The molecule has 0 saturated carbocycles. The SMILES string of the molecule is Cc1ccc([C@H](C)NCCCCCCO)cc1. The first-order valence-electron chi connectivity index (χ1n) is 6.65. The number of nitrogens with one attached hydrogen (secondary N) is 1. The molecule has 0 heterocycles. The summed E-state index contributed by atoms with van der Waals surface area (Å²) in [7, 11) is 0. The van der Waals surface area contributed by atoms with Crippen molar-refractivity contribution in [3.05, 3.63) is 35.4 Å². The minimum absolute atomic E-state index is 0.327. The lowest BCUT2D eigenvalue weighted by molar-refractivity contribution is 0.282. The summed E-state index contributed by atoms with van der Waals surface area (Å²) in [6, 6.07) is 9.13. The van der Waals surface area contributed by atoms with Gasteiger partial charge < -0.3 is 10.4 Å². The van der Waals surface area contributed by atoms with E-state index in [-0.39, 0.29) is 0 Å². The Kier molecular flexibility index (Phi) is 6.90. The lowest BCUT2D eigenvalue weighted by Crippen LogP contribution is -2.19. The van der Waals surface area contributed by atoms with Crippen LogP contribution >= 0.6 is 0 Å². The van der Waals surface area contributed by atoms with Crippen LogP contribution < -0.4 is 5.32 Å². The largest absolute Gasteiger partial charge is 0.396 e. The van der Waals surface area contributed by atoms with Crippen molar-refractivity contribution in [2.45, 2.75) is 45.6 Å². The molecule has 0 aliphatic heterocycles. The molecular formula is C15H25NO. The van der Waals surface area contributed by atoms with Crippen molar-refractivity contribution < 1.29 is 5.11 Å². The summed E-state index contributed by atoms with van der Waals surface area (Å²) < 4.78 is 0. The van der Waals surface area contributed by atoms with Crippen molar-refractivity contribution in [1.29, 1.82) is 0 Å². The van der Waals surface area contributed by atoms with Crippen molar-refractivity contribution in [2.24, 2.45) is 0 Å². The van der Waals surface area contributed by atoms with E-state index in [4.69, 9.17) is 5.11 Å². The second-order valence-electron chi connectivity index (χ2n) is 4.72. The van der Waals surface area contributed by atoms with Gasteiger partial charge >= 0.3 is 0 Å². The molecule has 96 valence electrons. The monoisotopic (exact) mass is 235 g/mol. The number of unbranched alkanes of at least 4 members (excludes halogenated alkanes) is 3. The van der Waals surface area contributed by atoms with Crippen molar-refractivity contribution in [2.75, 3.05) is 13.2 Å². The van der Waals surface area contributed by atoms with E-state index in [0.29, 0.717) is 12.6 Å². The normalized spacial score (nSPS) is 12.6. The summed E-state index contributed by atoms with van der Waals surface area (Å²) in [5.74, 6) is 0.